The summed E-state index contributed by atoms with van der Waals surface area (Å²) >= 11 is 5.94. The molecule has 0 unspecified atom stereocenters. The van der Waals surface area contributed by atoms with Crippen LogP contribution in [0.1, 0.15) is 60.5 Å². The van der Waals surface area contributed by atoms with Gasteiger partial charge in [0.1, 0.15) is 17.1 Å². The van der Waals surface area contributed by atoms with Crippen molar-refractivity contribution in [2.45, 2.75) is 62.8 Å². The molecule has 1 aromatic heterocycles. The summed E-state index contributed by atoms with van der Waals surface area (Å²) in [6.07, 6.45) is 1.12. The topological polar surface area (TPSA) is 89.4 Å². The zero-order chi connectivity index (χ0) is 28.6. The van der Waals surface area contributed by atoms with E-state index in [0.29, 0.717) is 31.2 Å². The Morgan fingerprint density at radius 3 is 2.20 bits per heavy atom. The Balaban J connectivity index is 1.14. The van der Waals surface area contributed by atoms with Crippen molar-refractivity contribution in [1.82, 2.24) is 15.2 Å². The van der Waals surface area contributed by atoms with E-state index in [1.807, 2.05) is 4.57 Å². The normalized spacial score (nSPS) is 19.3. The fraction of sp³-hybridized carbons (Fsp3) is 0.393. The highest BCUT2D eigenvalue weighted by atomic mass is 35.5. The third-order valence-corrected chi connectivity index (χ3v) is 7.53. The van der Waals surface area contributed by atoms with Crippen LogP contribution in [0.5, 0.6) is 5.75 Å². The SMILES string of the molecule is O=C(COc1ccc(C(F)(F)F)cc1)NC1CCC(NC(=O)c2cn(C3CC3)c3cc(Cl)c(F)cc3c2=O)CC1. The van der Waals surface area contributed by atoms with Crippen molar-refractivity contribution in [1.29, 1.82) is 0 Å². The molecule has 0 aliphatic heterocycles. The number of ether oxygens (including phenoxy) is 1. The van der Waals surface area contributed by atoms with Crippen molar-refractivity contribution in [2.75, 3.05) is 6.61 Å². The fourth-order valence-corrected chi connectivity index (χ4v) is 5.12. The number of hydrogen-bond donors (Lipinski definition) is 2. The number of halogens is 5. The number of nitrogens with zero attached hydrogens (tertiary/aromatic N) is 1. The maximum atomic E-state index is 14.1. The molecule has 2 aromatic carbocycles. The van der Waals surface area contributed by atoms with E-state index in [1.165, 1.54) is 12.3 Å². The zero-order valence-electron chi connectivity index (χ0n) is 21.2. The molecular formula is C28H26ClF4N3O4. The van der Waals surface area contributed by atoms with Crippen LogP contribution in [0.15, 0.2) is 47.4 Å². The van der Waals surface area contributed by atoms with Gasteiger partial charge in [0.25, 0.3) is 11.8 Å². The summed E-state index contributed by atoms with van der Waals surface area (Å²) < 4.78 is 59.2. The van der Waals surface area contributed by atoms with Gasteiger partial charge in [-0.25, -0.2) is 4.39 Å². The van der Waals surface area contributed by atoms with Gasteiger partial charge in [0.05, 0.1) is 16.1 Å². The lowest BCUT2D eigenvalue weighted by atomic mass is 9.91. The van der Waals surface area contributed by atoms with Crippen LogP contribution in [-0.2, 0) is 11.0 Å². The Labute approximate surface area is 231 Å². The van der Waals surface area contributed by atoms with Gasteiger partial charge in [-0.1, -0.05) is 11.6 Å². The number of amides is 2. The molecule has 0 bridgehead atoms. The molecule has 40 heavy (non-hydrogen) atoms. The Morgan fingerprint density at radius 2 is 1.60 bits per heavy atom. The summed E-state index contributed by atoms with van der Waals surface area (Å²) in [5.74, 6) is -1.52. The van der Waals surface area contributed by atoms with Crippen LogP contribution in [0.4, 0.5) is 17.6 Å². The molecule has 2 fully saturated rings. The first-order chi connectivity index (χ1) is 19.0. The molecule has 0 atom stereocenters. The Hall–Kier alpha value is -3.60. The van der Waals surface area contributed by atoms with Gasteiger partial charge in [0.15, 0.2) is 6.61 Å². The molecule has 2 aliphatic rings. The Morgan fingerprint density at radius 1 is 0.975 bits per heavy atom. The van der Waals surface area contributed by atoms with Crippen molar-refractivity contribution in [3.8, 4) is 5.75 Å². The minimum absolute atomic E-state index is 0.0584. The van der Waals surface area contributed by atoms with Crippen molar-refractivity contribution >= 4 is 34.3 Å². The predicted octanol–water partition coefficient (Wildman–Crippen LogP) is 5.38. The zero-order valence-corrected chi connectivity index (χ0v) is 21.9. The first-order valence-corrected chi connectivity index (χ1v) is 13.3. The quantitative estimate of drug-likeness (QED) is 0.368. The van der Waals surface area contributed by atoms with E-state index in [-0.39, 0.29) is 46.5 Å². The van der Waals surface area contributed by atoms with E-state index < -0.39 is 34.8 Å². The molecule has 0 saturated heterocycles. The van der Waals surface area contributed by atoms with Crippen LogP contribution >= 0.6 is 11.6 Å². The van der Waals surface area contributed by atoms with Crippen LogP contribution < -0.4 is 20.8 Å². The van der Waals surface area contributed by atoms with Crippen LogP contribution in [0.3, 0.4) is 0 Å². The second-order valence-electron chi connectivity index (χ2n) is 10.2. The molecule has 0 radical (unpaired) electrons. The maximum Gasteiger partial charge on any atom is 0.416 e. The smallest absolute Gasteiger partial charge is 0.416 e. The summed E-state index contributed by atoms with van der Waals surface area (Å²) in [6.45, 7) is -0.344. The van der Waals surface area contributed by atoms with Gasteiger partial charge in [0.2, 0.25) is 5.43 Å². The lowest BCUT2D eigenvalue weighted by Crippen LogP contribution is -2.45. The van der Waals surface area contributed by atoms with Crippen LogP contribution in [0.25, 0.3) is 10.9 Å². The summed E-state index contributed by atoms with van der Waals surface area (Å²) in [4.78, 5) is 38.4. The summed E-state index contributed by atoms with van der Waals surface area (Å²) in [7, 11) is 0. The lowest BCUT2D eigenvalue weighted by molar-refractivity contribution is -0.137. The van der Waals surface area contributed by atoms with Crippen molar-refractivity contribution in [2.24, 2.45) is 0 Å². The number of benzene rings is 2. The number of hydrogen-bond acceptors (Lipinski definition) is 4. The highest BCUT2D eigenvalue weighted by molar-refractivity contribution is 6.31. The average Bonchev–Trinajstić information content (AvgIpc) is 3.75. The van der Waals surface area contributed by atoms with E-state index in [2.05, 4.69) is 10.6 Å². The number of carbonyl (C=O) groups is 2. The summed E-state index contributed by atoms with van der Waals surface area (Å²) in [6, 6.07) is 6.33. The first-order valence-electron chi connectivity index (χ1n) is 12.9. The standard InChI is InChI=1S/C28H26ClF4N3O4/c29-22-12-24-20(11-23(22)30)26(38)21(13-36(24)18-7-8-18)27(39)35-17-5-3-16(4-6-17)34-25(37)14-40-19-9-1-15(2-10-19)28(31,32)33/h1-2,9-13,16-18H,3-8,14H2,(H,34,37)(H,35,39). The van der Waals surface area contributed by atoms with Crippen molar-refractivity contribution in [3.05, 3.63) is 74.8 Å². The molecule has 3 aromatic rings. The van der Waals surface area contributed by atoms with Gasteiger partial charge in [-0.3, -0.25) is 14.4 Å². The van der Waals surface area contributed by atoms with Crippen molar-refractivity contribution in [3.63, 3.8) is 0 Å². The Kier molecular flexibility index (Phi) is 7.76. The largest absolute Gasteiger partial charge is 0.484 e. The number of carbonyl (C=O) groups excluding carboxylic acids is 2. The molecule has 7 nitrogen and oxygen atoms in total. The maximum absolute atomic E-state index is 14.1. The van der Waals surface area contributed by atoms with Crippen LogP contribution in [-0.4, -0.2) is 35.1 Å². The third-order valence-electron chi connectivity index (χ3n) is 7.24. The summed E-state index contributed by atoms with van der Waals surface area (Å²) in [5.41, 5.74) is -0.930. The van der Waals surface area contributed by atoms with Gasteiger partial charge >= 0.3 is 6.18 Å². The van der Waals surface area contributed by atoms with Gasteiger partial charge in [-0.15, -0.1) is 0 Å². The first kappa shape index (κ1) is 27.9. The molecule has 0 spiro atoms. The molecule has 1 heterocycles. The number of aromatic nitrogens is 1. The van der Waals surface area contributed by atoms with E-state index >= 15 is 0 Å². The second-order valence-corrected chi connectivity index (χ2v) is 10.6. The van der Waals surface area contributed by atoms with E-state index in [4.69, 9.17) is 16.3 Å². The van der Waals surface area contributed by atoms with Gasteiger partial charge < -0.3 is 19.9 Å². The molecule has 212 valence electrons. The minimum atomic E-state index is -4.45. The molecule has 5 rings (SSSR count). The van der Waals surface area contributed by atoms with Gasteiger partial charge in [-0.05, 0) is 74.9 Å². The number of nitrogens with one attached hydrogen (secondary N) is 2. The third kappa shape index (κ3) is 6.24. The number of fused-ring (bicyclic) bond motifs is 1. The molecular weight excluding hydrogens is 554 g/mol. The molecule has 2 aliphatic carbocycles. The second kappa shape index (κ2) is 11.1. The highest BCUT2D eigenvalue weighted by Crippen LogP contribution is 2.37. The van der Waals surface area contributed by atoms with Crippen LogP contribution in [0, 0.1) is 5.82 Å². The van der Waals surface area contributed by atoms with Crippen LogP contribution in [0.2, 0.25) is 5.02 Å². The predicted molar refractivity (Wildman–Crippen MR) is 140 cm³/mol. The van der Waals surface area contributed by atoms with E-state index in [9.17, 15) is 31.9 Å². The fourth-order valence-electron chi connectivity index (χ4n) is 4.96. The van der Waals surface area contributed by atoms with E-state index in [0.717, 1.165) is 43.2 Å². The molecule has 12 heteroatoms. The lowest BCUT2D eigenvalue weighted by Gasteiger charge is -2.29. The molecule has 2 N–H and O–H groups in total. The number of pyridine rings is 1. The van der Waals surface area contributed by atoms with E-state index in [1.54, 1.807) is 0 Å². The highest BCUT2D eigenvalue weighted by Gasteiger charge is 2.31. The minimum Gasteiger partial charge on any atom is -0.484 e. The molecule has 2 saturated carbocycles. The number of rotatable bonds is 7. The van der Waals surface area contributed by atoms with Gasteiger partial charge in [-0.2, -0.15) is 13.2 Å². The molecule has 2 amide bonds. The number of alkyl halides is 3. The average molecular weight is 580 g/mol. The Bertz CT molecular complexity index is 1490. The monoisotopic (exact) mass is 579 g/mol. The van der Waals surface area contributed by atoms with Gasteiger partial charge in [0, 0.05) is 29.7 Å². The van der Waals surface area contributed by atoms with Crippen molar-refractivity contribution < 1.29 is 31.9 Å². The summed E-state index contributed by atoms with van der Waals surface area (Å²) in [5, 5.41) is 5.75.